The molecule has 2 heteroatoms. The number of anilines is 1. The quantitative estimate of drug-likeness (QED) is 0.744. The van der Waals surface area contributed by atoms with Gasteiger partial charge in [-0.25, -0.2) is 0 Å². The third-order valence-corrected chi connectivity index (χ3v) is 3.63. The maximum absolute atomic E-state index is 5.85. The van der Waals surface area contributed by atoms with Gasteiger partial charge >= 0.3 is 0 Å². The van der Waals surface area contributed by atoms with Crippen molar-refractivity contribution in [3.8, 4) is 0 Å². The van der Waals surface area contributed by atoms with Gasteiger partial charge in [0.15, 0.2) is 0 Å². The van der Waals surface area contributed by atoms with Crippen LogP contribution in [0.4, 0.5) is 5.69 Å². The highest BCUT2D eigenvalue weighted by Crippen LogP contribution is 2.29. The summed E-state index contributed by atoms with van der Waals surface area (Å²) in [4.78, 5) is 2.64. The zero-order chi connectivity index (χ0) is 13.0. The van der Waals surface area contributed by atoms with Crippen LogP contribution < -0.4 is 5.73 Å². The summed E-state index contributed by atoms with van der Waals surface area (Å²) in [6.45, 7) is 6.91. The van der Waals surface area contributed by atoms with E-state index >= 15 is 0 Å². The molecule has 0 amide bonds. The molecule has 2 nitrogen and oxygen atoms in total. The van der Waals surface area contributed by atoms with Crippen LogP contribution in [0.3, 0.4) is 0 Å². The van der Waals surface area contributed by atoms with Gasteiger partial charge in [0.1, 0.15) is 0 Å². The van der Waals surface area contributed by atoms with Gasteiger partial charge in [0, 0.05) is 18.3 Å². The Labute approximate surface area is 111 Å². The van der Waals surface area contributed by atoms with Crippen molar-refractivity contribution in [3.05, 3.63) is 29.8 Å². The Balaban J connectivity index is 1.86. The average molecular weight is 246 g/mol. The molecule has 1 saturated carbocycles. The minimum atomic E-state index is 0.818. The van der Waals surface area contributed by atoms with Crippen LogP contribution in [0.1, 0.15) is 45.1 Å². The number of rotatable bonds is 7. The molecule has 1 aromatic carbocycles. The van der Waals surface area contributed by atoms with Crippen molar-refractivity contribution in [3.63, 3.8) is 0 Å². The molecule has 1 aliphatic carbocycles. The molecule has 2 N–H and O–H groups in total. The first-order chi connectivity index (χ1) is 8.65. The van der Waals surface area contributed by atoms with E-state index in [1.54, 1.807) is 0 Å². The summed E-state index contributed by atoms with van der Waals surface area (Å²) >= 11 is 0. The number of hydrogen-bond donors (Lipinski definition) is 1. The van der Waals surface area contributed by atoms with Crippen LogP contribution >= 0.6 is 0 Å². The van der Waals surface area contributed by atoms with E-state index in [4.69, 9.17) is 5.73 Å². The zero-order valence-corrected chi connectivity index (χ0v) is 11.7. The highest BCUT2D eigenvalue weighted by Gasteiger charge is 2.28. The highest BCUT2D eigenvalue weighted by atomic mass is 15.2. The largest absolute Gasteiger partial charge is 0.399 e. The second-order valence-corrected chi connectivity index (χ2v) is 5.98. The lowest BCUT2D eigenvalue weighted by atomic mass is 10.1. The molecule has 2 rings (SSSR count). The third-order valence-electron chi connectivity index (χ3n) is 3.63. The van der Waals surface area contributed by atoms with Gasteiger partial charge in [-0.05, 0) is 55.8 Å². The molecule has 0 aliphatic heterocycles. The molecule has 1 fully saturated rings. The van der Waals surface area contributed by atoms with E-state index < -0.39 is 0 Å². The predicted octanol–water partition coefficient (Wildman–Crippen LogP) is 3.67. The van der Waals surface area contributed by atoms with Crippen LogP contribution in [0.15, 0.2) is 24.3 Å². The van der Waals surface area contributed by atoms with E-state index in [1.165, 1.54) is 37.8 Å². The van der Waals surface area contributed by atoms with Crippen LogP contribution in [-0.4, -0.2) is 17.5 Å². The first kappa shape index (κ1) is 13.4. The van der Waals surface area contributed by atoms with Gasteiger partial charge in [-0.2, -0.15) is 0 Å². The Bertz CT molecular complexity index is 369. The maximum Gasteiger partial charge on any atom is 0.0317 e. The molecule has 0 saturated heterocycles. The number of benzene rings is 1. The summed E-state index contributed by atoms with van der Waals surface area (Å²) in [7, 11) is 0. The molecule has 0 bridgehead atoms. The van der Waals surface area contributed by atoms with Gasteiger partial charge in [-0.3, -0.25) is 4.90 Å². The van der Waals surface area contributed by atoms with Gasteiger partial charge in [0.2, 0.25) is 0 Å². The van der Waals surface area contributed by atoms with E-state index in [0.29, 0.717) is 0 Å². The maximum atomic E-state index is 5.85. The van der Waals surface area contributed by atoms with Crippen LogP contribution in [0.25, 0.3) is 0 Å². The van der Waals surface area contributed by atoms with Gasteiger partial charge < -0.3 is 5.73 Å². The first-order valence-electron chi connectivity index (χ1n) is 7.23. The van der Waals surface area contributed by atoms with Crippen molar-refractivity contribution in [2.24, 2.45) is 5.92 Å². The van der Waals surface area contributed by atoms with Crippen LogP contribution in [0, 0.1) is 5.92 Å². The summed E-state index contributed by atoms with van der Waals surface area (Å²) in [5.74, 6) is 0.818. The molecule has 0 aromatic heterocycles. The minimum absolute atomic E-state index is 0.818. The zero-order valence-electron chi connectivity index (χ0n) is 11.7. The number of nitrogens with zero attached hydrogens (tertiary/aromatic N) is 1. The van der Waals surface area contributed by atoms with E-state index in [2.05, 4.69) is 36.9 Å². The van der Waals surface area contributed by atoms with Crippen molar-refractivity contribution < 1.29 is 0 Å². The van der Waals surface area contributed by atoms with E-state index in [0.717, 1.165) is 24.2 Å². The minimum Gasteiger partial charge on any atom is -0.399 e. The summed E-state index contributed by atoms with van der Waals surface area (Å²) in [6.07, 6.45) is 5.41. The Kier molecular flexibility index (Phi) is 4.65. The molecule has 100 valence electrons. The molecule has 1 aliphatic rings. The smallest absolute Gasteiger partial charge is 0.0317 e. The lowest BCUT2D eigenvalue weighted by molar-refractivity contribution is 0.245. The summed E-state index contributed by atoms with van der Waals surface area (Å²) in [5.41, 5.74) is 8.08. The number of hydrogen-bond acceptors (Lipinski definition) is 2. The van der Waals surface area contributed by atoms with Crippen molar-refractivity contribution in [1.82, 2.24) is 4.90 Å². The lowest BCUT2D eigenvalue weighted by Crippen LogP contribution is -2.27. The summed E-state index contributed by atoms with van der Waals surface area (Å²) < 4.78 is 0. The van der Waals surface area contributed by atoms with Gasteiger partial charge in [-0.1, -0.05) is 26.0 Å². The van der Waals surface area contributed by atoms with E-state index in [9.17, 15) is 0 Å². The van der Waals surface area contributed by atoms with Gasteiger partial charge in [0.25, 0.3) is 0 Å². The van der Waals surface area contributed by atoms with Gasteiger partial charge in [0.05, 0.1) is 0 Å². The molecule has 1 aromatic rings. The lowest BCUT2D eigenvalue weighted by Gasteiger charge is -2.22. The Morgan fingerprint density at radius 2 is 2.11 bits per heavy atom. The van der Waals surface area contributed by atoms with Gasteiger partial charge in [-0.15, -0.1) is 0 Å². The summed E-state index contributed by atoms with van der Waals surface area (Å²) in [6, 6.07) is 9.15. The van der Waals surface area contributed by atoms with Crippen LogP contribution in [-0.2, 0) is 6.54 Å². The van der Waals surface area contributed by atoms with Crippen molar-refractivity contribution in [2.75, 3.05) is 12.3 Å². The molecular formula is C16H26N2. The highest BCUT2D eigenvalue weighted by molar-refractivity contribution is 5.40. The molecular weight excluding hydrogens is 220 g/mol. The van der Waals surface area contributed by atoms with E-state index in [1.807, 2.05) is 6.07 Å². The standard InChI is InChI=1S/C16H26N2/c1-13(2)5-4-10-18(16-8-9-16)12-14-6-3-7-15(17)11-14/h3,6-7,11,13,16H,4-5,8-10,12,17H2,1-2H3. The Hall–Kier alpha value is -1.02. The second kappa shape index (κ2) is 6.24. The normalized spacial score (nSPS) is 15.6. The predicted molar refractivity (Wildman–Crippen MR) is 78.4 cm³/mol. The SMILES string of the molecule is CC(C)CCCN(Cc1cccc(N)c1)C1CC1. The summed E-state index contributed by atoms with van der Waals surface area (Å²) in [5, 5.41) is 0. The molecule has 0 spiro atoms. The fourth-order valence-electron chi connectivity index (χ4n) is 2.46. The van der Waals surface area contributed by atoms with Crippen molar-refractivity contribution in [1.29, 1.82) is 0 Å². The molecule has 18 heavy (non-hydrogen) atoms. The van der Waals surface area contributed by atoms with E-state index in [-0.39, 0.29) is 0 Å². The number of nitrogens with two attached hydrogens (primary N) is 1. The molecule has 0 atom stereocenters. The number of nitrogen functional groups attached to an aromatic ring is 1. The van der Waals surface area contributed by atoms with Crippen molar-refractivity contribution in [2.45, 2.75) is 52.1 Å². The third kappa shape index (κ3) is 4.34. The first-order valence-corrected chi connectivity index (χ1v) is 7.23. The van der Waals surface area contributed by atoms with Crippen LogP contribution in [0.5, 0.6) is 0 Å². The van der Waals surface area contributed by atoms with Crippen molar-refractivity contribution >= 4 is 5.69 Å². The Morgan fingerprint density at radius 3 is 2.72 bits per heavy atom. The second-order valence-electron chi connectivity index (χ2n) is 5.98. The average Bonchev–Trinajstić information content (AvgIpc) is 3.11. The van der Waals surface area contributed by atoms with Crippen LogP contribution in [0.2, 0.25) is 0 Å². The topological polar surface area (TPSA) is 29.3 Å². The molecule has 0 unspecified atom stereocenters. The molecule has 0 heterocycles. The Morgan fingerprint density at radius 1 is 1.33 bits per heavy atom. The monoisotopic (exact) mass is 246 g/mol. The fraction of sp³-hybridized carbons (Fsp3) is 0.625. The molecule has 0 radical (unpaired) electrons. The fourth-order valence-corrected chi connectivity index (χ4v) is 2.46.